The smallest absolute Gasteiger partial charge is 0.311 e. The van der Waals surface area contributed by atoms with Crippen molar-refractivity contribution in [3.05, 3.63) is 0 Å². The van der Waals surface area contributed by atoms with E-state index >= 15 is 0 Å². The molecule has 0 aromatic heterocycles. The molecule has 17 heteroatoms. The highest BCUT2D eigenvalue weighted by Gasteiger charge is 2.39. The van der Waals surface area contributed by atoms with E-state index in [1.54, 1.807) is 0 Å². The highest BCUT2D eigenvalue weighted by molar-refractivity contribution is 6.87. The first-order chi connectivity index (χ1) is 27.0. The van der Waals surface area contributed by atoms with Gasteiger partial charge < -0.3 is 52.4 Å². The molecule has 2 unspecified atom stereocenters. The fourth-order valence-electron chi connectivity index (χ4n) is 7.33. The number of carbonyl (C=O) groups is 4. The molecule has 0 saturated carbocycles. The van der Waals surface area contributed by atoms with E-state index in [0.29, 0.717) is 65.0 Å². The van der Waals surface area contributed by atoms with E-state index in [-0.39, 0.29) is 48.1 Å². The Morgan fingerprint density at radius 2 is 0.860 bits per heavy atom. The molecular formula is C40H88N8O6Si3. The zero-order chi connectivity index (χ0) is 43.0. The fourth-order valence-corrected chi connectivity index (χ4v) is 21.4. The molecule has 12 N–H and O–H groups in total. The number of amides is 2. The van der Waals surface area contributed by atoms with Crippen molar-refractivity contribution in [1.29, 1.82) is 0 Å². The third kappa shape index (κ3) is 32.1. The summed E-state index contributed by atoms with van der Waals surface area (Å²) in [6, 6.07) is 1.75. The van der Waals surface area contributed by atoms with Crippen LogP contribution in [0.3, 0.4) is 0 Å². The van der Waals surface area contributed by atoms with Crippen molar-refractivity contribution < 1.29 is 27.4 Å². The Kier molecular flexibility index (Phi) is 32.5. The van der Waals surface area contributed by atoms with Gasteiger partial charge in [0.05, 0.1) is 0 Å². The van der Waals surface area contributed by atoms with Crippen LogP contribution in [-0.2, 0) is 27.4 Å². The van der Waals surface area contributed by atoms with Crippen molar-refractivity contribution in [3.63, 3.8) is 0 Å². The number of Topliss-reactive ketones (excluding diaryl/α,β-unsaturated/α-hetero) is 2. The molecule has 336 valence electrons. The van der Waals surface area contributed by atoms with Gasteiger partial charge in [0.1, 0.15) is 11.6 Å². The van der Waals surface area contributed by atoms with Gasteiger partial charge >= 0.3 is 8.56 Å². The molecule has 0 aliphatic rings. The molecule has 2 atom stereocenters. The summed E-state index contributed by atoms with van der Waals surface area (Å²) in [5, 5.41) is 12.5. The van der Waals surface area contributed by atoms with E-state index in [1.807, 2.05) is 0 Å². The Morgan fingerprint density at radius 3 is 1.21 bits per heavy atom. The van der Waals surface area contributed by atoms with Gasteiger partial charge in [-0.1, -0.05) is 25.7 Å². The average molecular weight is 861 g/mol. The highest BCUT2D eigenvalue weighted by Crippen LogP contribution is 2.29. The van der Waals surface area contributed by atoms with Gasteiger partial charge in [-0.05, 0) is 129 Å². The summed E-state index contributed by atoms with van der Waals surface area (Å²) in [6.07, 6.45) is 11.3. The second-order valence-electron chi connectivity index (χ2n) is 17.3. The van der Waals surface area contributed by atoms with Crippen molar-refractivity contribution in [2.24, 2.45) is 34.8 Å². The van der Waals surface area contributed by atoms with Crippen LogP contribution >= 0.6 is 0 Å². The van der Waals surface area contributed by atoms with E-state index < -0.39 is 25.2 Å². The number of unbranched alkanes of at least 4 members (excludes halogenated alkanes) is 4. The van der Waals surface area contributed by atoms with Crippen LogP contribution in [0, 0.1) is 11.8 Å². The molecule has 0 fully saturated rings. The molecule has 0 aliphatic heterocycles. The molecule has 14 nitrogen and oxygen atoms in total. The number of nitrogens with two attached hydrogens (primary N) is 4. The standard InChI is InChI=1S/C40H88N8O6Si3/c1-55(2,31-15-17-35(37(49)19-13-25-45-29-23-43)33-39(51)47-27-11-7-9-21-41)53-57(5,6)54-56(3,4)32-16-18-36(38(50)20-14-26-46-30-24-44)34-40(52)48-28-12-8-10-22-42/h35-36,45-46H,7-34,41-44H2,1-6H3,(H,47,51)(H,48,52). The predicted octanol–water partition coefficient (Wildman–Crippen LogP) is 3.99. The van der Waals surface area contributed by atoms with Gasteiger partial charge in [0, 0.05) is 76.8 Å². The van der Waals surface area contributed by atoms with Crippen LogP contribution in [0.5, 0.6) is 0 Å². The third-order valence-corrected chi connectivity index (χ3v) is 21.6. The topological polar surface area (TPSA) is 239 Å². The second-order valence-corrected chi connectivity index (χ2v) is 29.8. The van der Waals surface area contributed by atoms with Gasteiger partial charge in [0.2, 0.25) is 11.8 Å². The maximum Gasteiger partial charge on any atom is 0.311 e. The normalized spacial score (nSPS) is 13.4. The molecule has 0 heterocycles. The summed E-state index contributed by atoms with van der Waals surface area (Å²) in [7, 11) is -6.86. The number of ketones is 2. The number of carbonyl (C=O) groups excluding carboxylic acids is 4. The summed E-state index contributed by atoms with van der Waals surface area (Å²) in [5.41, 5.74) is 22.3. The van der Waals surface area contributed by atoms with Crippen molar-refractivity contribution in [1.82, 2.24) is 21.3 Å². The number of rotatable bonds is 40. The highest BCUT2D eigenvalue weighted by atomic mass is 28.5. The van der Waals surface area contributed by atoms with Gasteiger partial charge in [0.15, 0.2) is 16.6 Å². The van der Waals surface area contributed by atoms with Crippen LogP contribution < -0.4 is 44.2 Å². The first-order valence-corrected chi connectivity index (χ1v) is 31.3. The molecule has 0 spiro atoms. The van der Waals surface area contributed by atoms with Gasteiger partial charge in [-0.2, -0.15) is 0 Å². The maximum absolute atomic E-state index is 13.3. The molecular weight excluding hydrogens is 773 g/mol. The van der Waals surface area contributed by atoms with E-state index in [2.05, 4.69) is 60.5 Å². The zero-order valence-electron chi connectivity index (χ0n) is 37.2. The van der Waals surface area contributed by atoms with E-state index in [9.17, 15) is 19.2 Å². The molecule has 57 heavy (non-hydrogen) atoms. The van der Waals surface area contributed by atoms with Crippen molar-refractivity contribution >= 4 is 48.6 Å². The van der Waals surface area contributed by atoms with Crippen molar-refractivity contribution in [2.75, 3.05) is 65.4 Å². The molecule has 0 bridgehead atoms. The van der Waals surface area contributed by atoms with Gasteiger partial charge in [-0.3, -0.25) is 19.2 Å². The molecule has 0 aliphatic carbocycles. The maximum atomic E-state index is 13.3. The Bertz CT molecular complexity index is 1010. The zero-order valence-corrected chi connectivity index (χ0v) is 40.2. The van der Waals surface area contributed by atoms with Crippen molar-refractivity contribution in [2.45, 2.75) is 154 Å². The van der Waals surface area contributed by atoms with Gasteiger partial charge in [-0.25, -0.2) is 0 Å². The van der Waals surface area contributed by atoms with Crippen molar-refractivity contribution in [3.8, 4) is 0 Å². The molecule has 0 aromatic carbocycles. The molecule has 2 amide bonds. The van der Waals surface area contributed by atoms with Crippen LogP contribution in [-0.4, -0.2) is 114 Å². The van der Waals surface area contributed by atoms with Gasteiger partial charge in [-0.15, -0.1) is 0 Å². The van der Waals surface area contributed by atoms with Crippen LogP contribution in [0.1, 0.15) is 103 Å². The quantitative estimate of drug-likeness (QED) is 0.0323. The van der Waals surface area contributed by atoms with Gasteiger partial charge in [0.25, 0.3) is 0 Å². The second kappa shape index (κ2) is 33.3. The third-order valence-electron chi connectivity index (χ3n) is 10.1. The van der Waals surface area contributed by atoms with Crippen LogP contribution in [0.15, 0.2) is 0 Å². The first-order valence-electron chi connectivity index (χ1n) is 22.2. The number of hydrogen-bond donors (Lipinski definition) is 8. The molecule has 0 aromatic rings. The minimum absolute atomic E-state index is 0.0622. The summed E-state index contributed by atoms with van der Waals surface area (Å²) in [4.78, 5) is 52.3. The average Bonchev–Trinajstić information content (AvgIpc) is 3.12. The Hall–Kier alpha value is -1.39. The lowest BCUT2D eigenvalue weighted by Crippen LogP contribution is -2.52. The Labute approximate surface area is 350 Å². The minimum Gasteiger partial charge on any atom is -0.437 e. The lowest BCUT2D eigenvalue weighted by Gasteiger charge is -2.39. The lowest BCUT2D eigenvalue weighted by atomic mass is 9.92. The largest absolute Gasteiger partial charge is 0.437 e. The molecule has 0 rings (SSSR count). The predicted molar refractivity (Wildman–Crippen MR) is 243 cm³/mol. The summed E-state index contributed by atoms with van der Waals surface area (Å²) >= 11 is 0. The first kappa shape index (κ1) is 55.6. The van der Waals surface area contributed by atoms with Crippen LogP contribution in [0.4, 0.5) is 0 Å². The Morgan fingerprint density at radius 1 is 0.474 bits per heavy atom. The van der Waals surface area contributed by atoms with E-state index in [4.69, 9.17) is 31.2 Å². The minimum atomic E-state index is -2.52. The monoisotopic (exact) mass is 861 g/mol. The number of hydrogen-bond acceptors (Lipinski definition) is 12. The van der Waals surface area contributed by atoms with E-state index in [0.717, 1.165) is 102 Å². The molecule has 0 radical (unpaired) electrons. The lowest BCUT2D eigenvalue weighted by molar-refractivity contribution is -0.129. The summed E-state index contributed by atoms with van der Waals surface area (Å²) < 4.78 is 13.8. The molecule has 0 saturated heterocycles. The van der Waals surface area contributed by atoms with E-state index in [1.165, 1.54) is 0 Å². The van der Waals surface area contributed by atoms with Crippen LogP contribution in [0.2, 0.25) is 51.4 Å². The number of nitrogens with one attached hydrogen (secondary N) is 4. The summed E-state index contributed by atoms with van der Waals surface area (Å²) in [5.74, 6) is -0.442. The summed E-state index contributed by atoms with van der Waals surface area (Å²) in [6.45, 7) is 19.7. The Balaban J connectivity index is 5.26. The van der Waals surface area contributed by atoms with Crippen LogP contribution in [0.25, 0.3) is 0 Å². The SMILES string of the molecule is C[Si](C)(CCCC(CC(=O)NCCCCCN)C(=O)CCCNCCN)O[Si](C)(C)O[Si](C)(C)CCCC(CC(=O)NCCCCCN)C(=O)CCCNCCN. The fraction of sp³-hybridized carbons (Fsp3) is 0.900.